The molecule has 0 aromatic rings. The SMILES string of the molecule is FC(F)(F)C1CCCN(CC=CCS)C1. The zero-order valence-electron chi connectivity index (χ0n) is 8.50. The number of nitrogens with zero attached hydrogens (tertiary/aromatic N) is 1. The summed E-state index contributed by atoms with van der Waals surface area (Å²) >= 11 is 4.00. The summed E-state index contributed by atoms with van der Waals surface area (Å²) in [5.74, 6) is -0.507. The molecule has 1 saturated heterocycles. The van der Waals surface area contributed by atoms with Gasteiger partial charge in [0.05, 0.1) is 5.92 Å². The zero-order valence-corrected chi connectivity index (χ0v) is 9.40. The highest BCUT2D eigenvalue weighted by atomic mass is 32.1. The van der Waals surface area contributed by atoms with Crippen molar-refractivity contribution in [1.29, 1.82) is 0 Å². The second kappa shape index (κ2) is 5.80. The molecule has 0 amide bonds. The molecule has 1 aliphatic rings. The average Bonchev–Trinajstić information content (AvgIpc) is 2.17. The lowest BCUT2D eigenvalue weighted by molar-refractivity contribution is -0.186. The molecule has 1 fully saturated rings. The molecule has 0 spiro atoms. The Morgan fingerprint density at radius 2 is 2.07 bits per heavy atom. The smallest absolute Gasteiger partial charge is 0.299 e. The Morgan fingerprint density at radius 1 is 1.33 bits per heavy atom. The summed E-state index contributed by atoms with van der Waals surface area (Å²) in [7, 11) is 0. The number of alkyl halides is 3. The molecule has 0 N–H and O–H groups in total. The van der Waals surface area contributed by atoms with E-state index in [1.165, 1.54) is 0 Å². The normalized spacial score (nSPS) is 24.9. The highest BCUT2D eigenvalue weighted by molar-refractivity contribution is 7.80. The molecule has 1 aliphatic heterocycles. The topological polar surface area (TPSA) is 3.24 Å². The number of thiol groups is 1. The predicted octanol–water partition coefficient (Wildman–Crippen LogP) is 2.75. The van der Waals surface area contributed by atoms with Crippen molar-refractivity contribution in [2.75, 3.05) is 25.4 Å². The lowest BCUT2D eigenvalue weighted by atomic mass is 9.97. The molecule has 1 rings (SSSR count). The van der Waals surface area contributed by atoms with Crippen LogP contribution in [-0.2, 0) is 0 Å². The molecule has 0 aliphatic carbocycles. The number of hydrogen-bond acceptors (Lipinski definition) is 2. The van der Waals surface area contributed by atoms with Crippen LogP contribution in [0.5, 0.6) is 0 Å². The summed E-state index contributed by atoms with van der Waals surface area (Å²) < 4.78 is 37.3. The summed E-state index contributed by atoms with van der Waals surface area (Å²) in [4.78, 5) is 1.85. The lowest BCUT2D eigenvalue weighted by Crippen LogP contribution is -2.41. The molecule has 1 heterocycles. The average molecular weight is 239 g/mol. The molecule has 1 nitrogen and oxygen atoms in total. The number of piperidine rings is 1. The summed E-state index contributed by atoms with van der Waals surface area (Å²) in [6, 6.07) is 0. The van der Waals surface area contributed by atoms with E-state index in [0.29, 0.717) is 18.7 Å². The van der Waals surface area contributed by atoms with Crippen molar-refractivity contribution >= 4 is 12.6 Å². The fourth-order valence-electron chi connectivity index (χ4n) is 1.79. The van der Waals surface area contributed by atoms with Gasteiger partial charge in [-0.05, 0) is 19.4 Å². The van der Waals surface area contributed by atoms with Gasteiger partial charge in [0.25, 0.3) is 0 Å². The standard InChI is InChI=1S/C10H16F3NS/c11-10(12,13)9-4-3-6-14(8-9)5-1-2-7-15/h1-2,9,15H,3-8H2. The largest absolute Gasteiger partial charge is 0.393 e. The highest BCUT2D eigenvalue weighted by Crippen LogP contribution is 2.32. The first-order chi connectivity index (χ1) is 7.04. The van der Waals surface area contributed by atoms with Crippen LogP contribution in [0.3, 0.4) is 0 Å². The molecule has 0 saturated carbocycles. The summed E-state index contributed by atoms with van der Waals surface area (Å²) in [5, 5.41) is 0. The lowest BCUT2D eigenvalue weighted by Gasteiger charge is -2.32. The van der Waals surface area contributed by atoms with Crippen LogP contribution in [0.25, 0.3) is 0 Å². The van der Waals surface area contributed by atoms with E-state index in [4.69, 9.17) is 0 Å². The van der Waals surface area contributed by atoms with Crippen LogP contribution in [0.4, 0.5) is 13.2 Å². The van der Waals surface area contributed by atoms with E-state index >= 15 is 0 Å². The van der Waals surface area contributed by atoms with Gasteiger partial charge < -0.3 is 0 Å². The molecule has 0 radical (unpaired) electrons. The highest BCUT2D eigenvalue weighted by Gasteiger charge is 2.41. The van der Waals surface area contributed by atoms with Crippen LogP contribution in [0, 0.1) is 5.92 Å². The van der Waals surface area contributed by atoms with Gasteiger partial charge in [0, 0.05) is 18.8 Å². The monoisotopic (exact) mass is 239 g/mol. The van der Waals surface area contributed by atoms with Crippen molar-refractivity contribution in [3.05, 3.63) is 12.2 Å². The quantitative estimate of drug-likeness (QED) is 0.585. The molecule has 5 heteroatoms. The van der Waals surface area contributed by atoms with Crippen molar-refractivity contribution in [1.82, 2.24) is 4.90 Å². The fraction of sp³-hybridized carbons (Fsp3) is 0.800. The molecular weight excluding hydrogens is 223 g/mol. The maximum atomic E-state index is 12.4. The first-order valence-corrected chi connectivity index (χ1v) is 5.72. The van der Waals surface area contributed by atoms with Gasteiger partial charge >= 0.3 is 6.18 Å². The maximum Gasteiger partial charge on any atom is 0.393 e. The minimum absolute atomic E-state index is 0.139. The van der Waals surface area contributed by atoms with Crippen molar-refractivity contribution in [3.63, 3.8) is 0 Å². The van der Waals surface area contributed by atoms with E-state index in [2.05, 4.69) is 12.6 Å². The van der Waals surface area contributed by atoms with Gasteiger partial charge in [-0.1, -0.05) is 12.2 Å². The van der Waals surface area contributed by atoms with Gasteiger partial charge in [-0.3, -0.25) is 4.90 Å². The third-order valence-corrected chi connectivity index (χ3v) is 2.81. The second-order valence-electron chi connectivity index (χ2n) is 3.79. The summed E-state index contributed by atoms with van der Waals surface area (Å²) in [5.41, 5.74) is 0. The third kappa shape index (κ3) is 4.47. The number of halogens is 3. The van der Waals surface area contributed by atoms with Crippen molar-refractivity contribution < 1.29 is 13.2 Å². The zero-order chi connectivity index (χ0) is 11.3. The molecular formula is C10H16F3NS. The number of likely N-dealkylation sites (tertiary alicyclic amines) is 1. The van der Waals surface area contributed by atoms with Crippen LogP contribution in [-0.4, -0.2) is 36.5 Å². The van der Waals surface area contributed by atoms with Crippen molar-refractivity contribution in [2.24, 2.45) is 5.92 Å². The predicted molar refractivity (Wildman–Crippen MR) is 58.2 cm³/mol. The first-order valence-electron chi connectivity index (χ1n) is 5.09. The molecule has 88 valence electrons. The Kier molecular flexibility index (Phi) is 4.99. The Bertz CT molecular complexity index is 215. The van der Waals surface area contributed by atoms with E-state index < -0.39 is 12.1 Å². The Labute approximate surface area is 93.7 Å². The van der Waals surface area contributed by atoms with Crippen LogP contribution in [0.1, 0.15) is 12.8 Å². The van der Waals surface area contributed by atoms with Crippen molar-refractivity contribution in [2.45, 2.75) is 19.0 Å². The molecule has 1 atom stereocenters. The third-order valence-electron chi connectivity index (χ3n) is 2.60. The Balaban J connectivity index is 2.39. The minimum atomic E-state index is -4.04. The van der Waals surface area contributed by atoms with Gasteiger partial charge in [-0.2, -0.15) is 25.8 Å². The minimum Gasteiger partial charge on any atom is -0.299 e. The summed E-state index contributed by atoms with van der Waals surface area (Å²) in [6.45, 7) is 1.51. The van der Waals surface area contributed by atoms with Crippen LogP contribution in [0.15, 0.2) is 12.2 Å². The van der Waals surface area contributed by atoms with E-state index in [-0.39, 0.29) is 13.0 Å². The van der Waals surface area contributed by atoms with Crippen LogP contribution in [0.2, 0.25) is 0 Å². The van der Waals surface area contributed by atoms with Crippen LogP contribution >= 0.6 is 12.6 Å². The summed E-state index contributed by atoms with van der Waals surface area (Å²) in [6.07, 6.45) is 0.618. The van der Waals surface area contributed by atoms with Gasteiger partial charge in [0.15, 0.2) is 0 Å². The first kappa shape index (κ1) is 12.9. The number of rotatable bonds is 3. The molecule has 15 heavy (non-hydrogen) atoms. The van der Waals surface area contributed by atoms with Gasteiger partial charge in [-0.15, -0.1) is 0 Å². The maximum absolute atomic E-state index is 12.4. The molecule has 1 unspecified atom stereocenters. The molecule has 0 aromatic carbocycles. The van der Waals surface area contributed by atoms with Gasteiger partial charge in [-0.25, -0.2) is 0 Å². The van der Waals surface area contributed by atoms with E-state index in [1.54, 1.807) is 0 Å². The van der Waals surface area contributed by atoms with E-state index in [1.807, 2.05) is 17.1 Å². The Hall–Kier alpha value is -0.160. The van der Waals surface area contributed by atoms with Gasteiger partial charge in [0.2, 0.25) is 0 Å². The van der Waals surface area contributed by atoms with E-state index in [9.17, 15) is 13.2 Å². The van der Waals surface area contributed by atoms with E-state index in [0.717, 1.165) is 6.54 Å². The van der Waals surface area contributed by atoms with Crippen molar-refractivity contribution in [3.8, 4) is 0 Å². The molecule has 0 bridgehead atoms. The number of hydrogen-bond donors (Lipinski definition) is 1. The fourth-order valence-corrected chi connectivity index (χ4v) is 1.94. The van der Waals surface area contributed by atoms with Crippen LogP contribution < -0.4 is 0 Å². The second-order valence-corrected chi connectivity index (χ2v) is 4.16. The Morgan fingerprint density at radius 3 is 2.67 bits per heavy atom. The molecule has 0 aromatic heterocycles. The van der Waals surface area contributed by atoms with Gasteiger partial charge in [0.1, 0.15) is 0 Å².